The fraction of sp³-hybridized carbons (Fsp3) is 0.280. The van der Waals surface area contributed by atoms with Crippen molar-refractivity contribution in [2.75, 3.05) is 18.8 Å². The first-order valence-corrected chi connectivity index (χ1v) is 11.2. The Morgan fingerprint density at radius 3 is 2.94 bits per heavy atom. The lowest BCUT2D eigenvalue weighted by Crippen LogP contribution is -2.27. The number of aromatic amines is 1. The van der Waals surface area contributed by atoms with Crippen LogP contribution in [0.2, 0.25) is 0 Å². The molecule has 3 aromatic heterocycles. The maximum Gasteiger partial charge on any atom is 0.288 e. The van der Waals surface area contributed by atoms with Crippen molar-refractivity contribution in [1.29, 1.82) is 0 Å². The Balaban J connectivity index is 1.40. The van der Waals surface area contributed by atoms with Crippen molar-refractivity contribution in [3.05, 3.63) is 64.4 Å². The van der Waals surface area contributed by atoms with E-state index in [9.17, 15) is 9.59 Å². The number of carbonyl (C=O) groups is 1. The minimum Gasteiger partial charge on any atom is -0.440 e. The Kier molecular flexibility index (Phi) is 4.55. The van der Waals surface area contributed by atoms with Crippen molar-refractivity contribution < 1.29 is 9.21 Å². The van der Waals surface area contributed by atoms with Crippen LogP contribution in [-0.4, -0.2) is 43.6 Å². The third kappa shape index (κ3) is 3.35. The van der Waals surface area contributed by atoms with Crippen molar-refractivity contribution in [1.82, 2.24) is 24.6 Å². The zero-order valence-corrected chi connectivity index (χ0v) is 18.4. The second-order valence-corrected chi connectivity index (χ2v) is 8.80. The third-order valence-electron chi connectivity index (χ3n) is 6.50. The first-order valence-electron chi connectivity index (χ1n) is 11.2. The highest BCUT2D eigenvalue weighted by molar-refractivity contribution is 5.94. The highest BCUT2D eigenvalue weighted by atomic mass is 16.3. The summed E-state index contributed by atoms with van der Waals surface area (Å²) in [7, 11) is 0. The van der Waals surface area contributed by atoms with Gasteiger partial charge in [-0.1, -0.05) is 18.4 Å². The quantitative estimate of drug-likeness (QED) is 0.362. The molecule has 0 spiro atoms. The second-order valence-electron chi connectivity index (χ2n) is 8.80. The van der Waals surface area contributed by atoms with Gasteiger partial charge in [-0.2, -0.15) is 5.10 Å². The minimum atomic E-state index is -0.345. The molecule has 9 nitrogen and oxygen atoms in total. The SMILES string of the molecule is C=CC(=O)N1CC[C@H](n2cc(C#Cc3ccc4oc(C5CC5)nc4c3)c3c(N)n[nH]c(=O)c32)C1. The molecule has 0 bridgehead atoms. The molecule has 4 heterocycles. The summed E-state index contributed by atoms with van der Waals surface area (Å²) in [6.07, 6.45) is 6.10. The standard InChI is InChI=1S/C25H22N6O3/c1-2-20(32)30-10-9-17(13-30)31-12-16(21-22(31)24(33)29-28-23(21)26)5-3-14-4-8-19-18(11-14)27-25(34-19)15-6-7-15/h2,4,8,11-12,15,17H,1,6-7,9-10,13H2,(H2,26,28)(H,29,33)/t17-/m0/s1. The second kappa shape index (κ2) is 7.63. The van der Waals surface area contributed by atoms with Gasteiger partial charge in [0.15, 0.2) is 17.3 Å². The first-order chi connectivity index (χ1) is 16.5. The molecule has 3 N–H and O–H groups in total. The van der Waals surface area contributed by atoms with E-state index in [2.05, 4.69) is 33.6 Å². The van der Waals surface area contributed by atoms with Gasteiger partial charge in [-0.15, -0.1) is 0 Å². The van der Waals surface area contributed by atoms with Gasteiger partial charge in [-0.3, -0.25) is 9.59 Å². The molecule has 0 radical (unpaired) electrons. The molecule has 2 fully saturated rings. The van der Waals surface area contributed by atoms with Crippen LogP contribution in [0.1, 0.15) is 48.2 Å². The largest absolute Gasteiger partial charge is 0.440 e. The van der Waals surface area contributed by atoms with Crippen molar-refractivity contribution in [3.8, 4) is 11.8 Å². The van der Waals surface area contributed by atoms with Crippen LogP contribution in [0.3, 0.4) is 0 Å². The number of fused-ring (bicyclic) bond motifs is 2. The Morgan fingerprint density at radius 1 is 1.29 bits per heavy atom. The van der Waals surface area contributed by atoms with Crippen LogP contribution >= 0.6 is 0 Å². The maximum atomic E-state index is 12.7. The van der Waals surface area contributed by atoms with Crippen LogP contribution in [0.25, 0.3) is 22.0 Å². The van der Waals surface area contributed by atoms with Crippen molar-refractivity contribution in [2.24, 2.45) is 0 Å². The average molecular weight is 454 g/mol. The summed E-state index contributed by atoms with van der Waals surface area (Å²) in [6, 6.07) is 5.60. The van der Waals surface area contributed by atoms with E-state index >= 15 is 0 Å². The Hall–Kier alpha value is -4.32. The van der Waals surface area contributed by atoms with Crippen LogP contribution in [0.15, 0.2) is 46.3 Å². The van der Waals surface area contributed by atoms with E-state index in [0.717, 1.165) is 35.4 Å². The molecule has 1 aromatic carbocycles. The molecule has 1 aliphatic heterocycles. The number of likely N-dealkylation sites (tertiary alicyclic amines) is 1. The number of hydrogen-bond donors (Lipinski definition) is 2. The van der Waals surface area contributed by atoms with Crippen LogP contribution in [0.4, 0.5) is 5.82 Å². The number of amides is 1. The normalized spacial score (nSPS) is 17.8. The maximum absolute atomic E-state index is 12.7. The number of carbonyl (C=O) groups excluding carboxylic acids is 1. The zero-order valence-electron chi connectivity index (χ0n) is 18.4. The van der Waals surface area contributed by atoms with Gasteiger partial charge in [-0.25, -0.2) is 10.1 Å². The highest BCUT2D eigenvalue weighted by Gasteiger charge is 2.30. The van der Waals surface area contributed by atoms with E-state index in [4.69, 9.17) is 10.2 Å². The third-order valence-corrected chi connectivity index (χ3v) is 6.50. The number of nitrogens with one attached hydrogen (secondary N) is 1. The minimum absolute atomic E-state index is 0.0721. The van der Waals surface area contributed by atoms with Crippen molar-refractivity contribution in [3.63, 3.8) is 0 Å². The Bertz CT molecular complexity index is 1590. The lowest BCUT2D eigenvalue weighted by Gasteiger charge is -2.16. The van der Waals surface area contributed by atoms with Gasteiger partial charge in [0.1, 0.15) is 11.0 Å². The molecule has 170 valence electrons. The highest BCUT2D eigenvalue weighted by Crippen LogP contribution is 2.40. The lowest BCUT2D eigenvalue weighted by atomic mass is 10.1. The van der Waals surface area contributed by atoms with Gasteiger partial charge in [-0.05, 0) is 43.5 Å². The molecular formula is C25H22N6O3. The number of nitrogens with two attached hydrogens (primary N) is 1. The number of aromatic nitrogens is 4. The number of rotatable bonds is 3. The fourth-order valence-corrected chi connectivity index (χ4v) is 4.58. The fourth-order valence-electron chi connectivity index (χ4n) is 4.58. The zero-order chi connectivity index (χ0) is 23.4. The van der Waals surface area contributed by atoms with Crippen LogP contribution in [0.5, 0.6) is 0 Å². The van der Waals surface area contributed by atoms with Gasteiger partial charge in [0.25, 0.3) is 5.56 Å². The smallest absolute Gasteiger partial charge is 0.288 e. The summed E-state index contributed by atoms with van der Waals surface area (Å²) in [5.74, 6) is 7.65. The first kappa shape index (κ1) is 20.3. The van der Waals surface area contributed by atoms with Gasteiger partial charge in [0.2, 0.25) is 5.91 Å². The van der Waals surface area contributed by atoms with Crippen LogP contribution < -0.4 is 11.3 Å². The molecule has 2 aliphatic rings. The van der Waals surface area contributed by atoms with Gasteiger partial charge < -0.3 is 19.6 Å². The predicted molar refractivity (Wildman–Crippen MR) is 127 cm³/mol. The number of H-pyrrole nitrogens is 1. The van der Waals surface area contributed by atoms with Crippen molar-refractivity contribution >= 4 is 33.7 Å². The van der Waals surface area contributed by atoms with Crippen LogP contribution in [-0.2, 0) is 4.79 Å². The Morgan fingerprint density at radius 2 is 2.15 bits per heavy atom. The summed E-state index contributed by atoms with van der Waals surface area (Å²) in [5, 5.41) is 6.92. The molecular weight excluding hydrogens is 432 g/mol. The molecule has 1 amide bonds. The van der Waals surface area contributed by atoms with E-state index in [-0.39, 0.29) is 23.3 Å². The number of benzene rings is 1. The number of oxazole rings is 1. The summed E-state index contributed by atoms with van der Waals surface area (Å²) < 4.78 is 7.70. The number of hydrogen-bond acceptors (Lipinski definition) is 6. The van der Waals surface area contributed by atoms with E-state index in [1.807, 2.05) is 29.0 Å². The lowest BCUT2D eigenvalue weighted by molar-refractivity contribution is -0.125. The van der Waals surface area contributed by atoms with Crippen molar-refractivity contribution in [2.45, 2.75) is 31.2 Å². The number of nitrogens with zero attached hydrogens (tertiary/aromatic N) is 4. The van der Waals surface area contributed by atoms with Gasteiger partial charge >= 0.3 is 0 Å². The van der Waals surface area contributed by atoms with E-state index in [0.29, 0.717) is 41.9 Å². The van der Waals surface area contributed by atoms with Gasteiger partial charge in [0, 0.05) is 30.8 Å². The summed E-state index contributed by atoms with van der Waals surface area (Å²) >= 11 is 0. The van der Waals surface area contributed by atoms with E-state index < -0.39 is 0 Å². The average Bonchev–Trinajstić information content (AvgIpc) is 3.26. The van der Waals surface area contributed by atoms with Gasteiger partial charge in [0.05, 0.1) is 17.0 Å². The molecule has 1 saturated carbocycles. The summed E-state index contributed by atoms with van der Waals surface area (Å²) in [4.78, 5) is 31.1. The molecule has 34 heavy (non-hydrogen) atoms. The summed E-state index contributed by atoms with van der Waals surface area (Å²) in [5.41, 5.74) is 9.15. The van der Waals surface area contributed by atoms with E-state index in [1.54, 1.807) is 4.90 Å². The molecule has 0 unspecified atom stereocenters. The molecule has 6 rings (SSSR count). The van der Waals surface area contributed by atoms with E-state index in [1.165, 1.54) is 6.08 Å². The topological polar surface area (TPSA) is 123 Å². The molecule has 4 aromatic rings. The van der Waals surface area contributed by atoms with Crippen LogP contribution in [0, 0.1) is 11.8 Å². The Labute approximate surface area is 194 Å². The molecule has 9 heteroatoms. The molecule has 1 atom stereocenters. The predicted octanol–water partition coefficient (Wildman–Crippen LogP) is 2.68. The molecule has 1 aliphatic carbocycles. The molecule has 1 saturated heterocycles. The number of nitrogen functional groups attached to an aromatic ring is 1. The summed E-state index contributed by atoms with van der Waals surface area (Å²) in [6.45, 7) is 4.64. The monoisotopic (exact) mass is 454 g/mol. The number of anilines is 1.